The fourth-order valence-electron chi connectivity index (χ4n) is 2.35. The van der Waals surface area contributed by atoms with Crippen LogP contribution in [0.4, 0.5) is 0 Å². The second-order valence-corrected chi connectivity index (χ2v) is 4.19. The van der Waals surface area contributed by atoms with Crippen LogP contribution in [-0.4, -0.2) is 30.2 Å². The van der Waals surface area contributed by atoms with Crippen molar-refractivity contribution in [1.82, 2.24) is 0 Å². The minimum Gasteiger partial charge on any atom is -0.394 e. The molecule has 0 amide bonds. The van der Waals surface area contributed by atoms with E-state index in [1.807, 2.05) is 0 Å². The normalized spacial score (nSPS) is 45.7. The number of rotatable bonds is 1. The molecule has 3 nitrogen and oxygen atoms in total. The van der Waals surface area contributed by atoms with Crippen molar-refractivity contribution in [1.29, 1.82) is 0 Å². The number of aliphatic hydroxyl groups is 1. The third kappa shape index (κ3) is 1.60. The molecule has 1 spiro atoms. The molecule has 3 heteroatoms. The van der Waals surface area contributed by atoms with E-state index in [2.05, 4.69) is 6.92 Å². The Hall–Kier alpha value is -0.120. The Kier molecular flexibility index (Phi) is 2.58. The molecule has 0 aromatic rings. The largest absolute Gasteiger partial charge is 0.394 e. The van der Waals surface area contributed by atoms with Gasteiger partial charge < -0.3 is 14.6 Å². The van der Waals surface area contributed by atoms with Gasteiger partial charge in [0, 0.05) is 12.3 Å². The maximum Gasteiger partial charge on any atom is 0.171 e. The Bertz CT molecular complexity index is 183. The van der Waals surface area contributed by atoms with Gasteiger partial charge in [0.05, 0.1) is 13.2 Å². The summed E-state index contributed by atoms with van der Waals surface area (Å²) < 4.78 is 11.5. The number of aliphatic hydroxyl groups excluding tert-OH is 1. The van der Waals surface area contributed by atoms with Crippen LogP contribution in [0.25, 0.3) is 0 Å². The lowest BCUT2D eigenvalue weighted by Crippen LogP contribution is -2.41. The van der Waals surface area contributed by atoms with Gasteiger partial charge in [0.2, 0.25) is 0 Å². The molecule has 1 saturated heterocycles. The zero-order chi connectivity index (χ0) is 9.31. The molecule has 3 unspecified atom stereocenters. The van der Waals surface area contributed by atoms with E-state index in [1.54, 1.807) is 0 Å². The summed E-state index contributed by atoms with van der Waals surface area (Å²) in [6.07, 6.45) is 4.53. The first-order valence-electron chi connectivity index (χ1n) is 5.19. The molecule has 0 aromatic carbocycles. The van der Waals surface area contributed by atoms with Crippen molar-refractivity contribution in [2.24, 2.45) is 5.92 Å². The molecular formula is C10H18O3. The average molecular weight is 186 g/mol. The van der Waals surface area contributed by atoms with Gasteiger partial charge in [0.1, 0.15) is 6.10 Å². The van der Waals surface area contributed by atoms with Crippen LogP contribution < -0.4 is 0 Å². The molecule has 13 heavy (non-hydrogen) atoms. The van der Waals surface area contributed by atoms with Gasteiger partial charge in [-0.2, -0.15) is 0 Å². The van der Waals surface area contributed by atoms with Crippen molar-refractivity contribution < 1.29 is 14.6 Å². The predicted octanol–water partition coefficient (Wildman–Crippen LogP) is 1.30. The van der Waals surface area contributed by atoms with Crippen molar-refractivity contribution in [3.05, 3.63) is 0 Å². The lowest BCUT2D eigenvalue weighted by atomic mass is 9.84. The smallest absolute Gasteiger partial charge is 0.171 e. The molecule has 0 bridgehead atoms. The molecule has 0 aromatic heterocycles. The van der Waals surface area contributed by atoms with Gasteiger partial charge in [-0.1, -0.05) is 13.3 Å². The Balaban J connectivity index is 2.03. The van der Waals surface area contributed by atoms with Gasteiger partial charge >= 0.3 is 0 Å². The molecule has 76 valence electrons. The summed E-state index contributed by atoms with van der Waals surface area (Å²) in [7, 11) is 0. The predicted molar refractivity (Wildman–Crippen MR) is 48.3 cm³/mol. The third-order valence-corrected chi connectivity index (χ3v) is 3.25. The molecule has 1 N–H and O–H groups in total. The van der Waals surface area contributed by atoms with Crippen LogP contribution in [0.3, 0.4) is 0 Å². The van der Waals surface area contributed by atoms with Crippen molar-refractivity contribution in [2.75, 3.05) is 13.2 Å². The summed E-state index contributed by atoms with van der Waals surface area (Å²) in [6.45, 7) is 2.81. The van der Waals surface area contributed by atoms with E-state index in [-0.39, 0.29) is 18.5 Å². The summed E-state index contributed by atoms with van der Waals surface area (Å²) in [5, 5.41) is 8.96. The van der Waals surface area contributed by atoms with Gasteiger partial charge in [-0.05, 0) is 12.8 Å². The average Bonchev–Trinajstić information content (AvgIpc) is 2.56. The molecule has 1 heterocycles. The lowest BCUT2D eigenvalue weighted by molar-refractivity contribution is -0.219. The Morgan fingerprint density at radius 1 is 1.46 bits per heavy atom. The molecule has 1 aliphatic heterocycles. The van der Waals surface area contributed by atoms with Crippen LogP contribution >= 0.6 is 0 Å². The Morgan fingerprint density at radius 2 is 2.31 bits per heavy atom. The minimum absolute atomic E-state index is 0.0778. The highest BCUT2D eigenvalue weighted by atomic mass is 16.7. The molecule has 2 fully saturated rings. The van der Waals surface area contributed by atoms with Crippen molar-refractivity contribution in [2.45, 2.75) is 44.5 Å². The maximum atomic E-state index is 8.96. The van der Waals surface area contributed by atoms with Gasteiger partial charge in [-0.15, -0.1) is 0 Å². The van der Waals surface area contributed by atoms with Crippen molar-refractivity contribution >= 4 is 0 Å². The molecule has 3 atom stereocenters. The number of hydrogen-bond donors (Lipinski definition) is 1. The van der Waals surface area contributed by atoms with E-state index < -0.39 is 0 Å². The van der Waals surface area contributed by atoms with Gasteiger partial charge in [-0.25, -0.2) is 0 Å². The van der Waals surface area contributed by atoms with E-state index in [4.69, 9.17) is 14.6 Å². The molecule has 1 aliphatic carbocycles. The molecular weight excluding hydrogens is 168 g/mol. The van der Waals surface area contributed by atoms with E-state index >= 15 is 0 Å². The monoisotopic (exact) mass is 186 g/mol. The van der Waals surface area contributed by atoms with Crippen molar-refractivity contribution in [3.63, 3.8) is 0 Å². The zero-order valence-corrected chi connectivity index (χ0v) is 8.16. The second-order valence-electron chi connectivity index (χ2n) is 4.19. The number of ether oxygens (including phenoxy) is 2. The second kappa shape index (κ2) is 3.56. The van der Waals surface area contributed by atoms with E-state index in [0.717, 1.165) is 6.42 Å². The minimum atomic E-state index is -0.356. The summed E-state index contributed by atoms with van der Waals surface area (Å²) in [4.78, 5) is 0. The highest BCUT2D eigenvalue weighted by Crippen LogP contribution is 2.41. The SMILES string of the molecule is CC1CCCCC12OCC(CO)O2. The fraction of sp³-hybridized carbons (Fsp3) is 1.00. The van der Waals surface area contributed by atoms with Crippen LogP contribution in [-0.2, 0) is 9.47 Å². The maximum absolute atomic E-state index is 8.96. The summed E-state index contributed by atoms with van der Waals surface area (Å²) in [5.41, 5.74) is 0. The Morgan fingerprint density at radius 3 is 2.92 bits per heavy atom. The summed E-state index contributed by atoms with van der Waals surface area (Å²) in [6, 6.07) is 0. The van der Waals surface area contributed by atoms with E-state index in [1.165, 1.54) is 19.3 Å². The van der Waals surface area contributed by atoms with Gasteiger partial charge in [0.15, 0.2) is 5.79 Å². The van der Waals surface area contributed by atoms with E-state index in [9.17, 15) is 0 Å². The molecule has 1 saturated carbocycles. The van der Waals surface area contributed by atoms with E-state index in [0.29, 0.717) is 12.5 Å². The topological polar surface area (TPSA) is 38.7 Å². The first kappa shape index (κ1) is 9.44. The first-order chi connectivity index (χ1) is 6.27. The first-order valence-corrected chi connectivity index (χ1v) is 5.19. The highest BCUT2D eigenvalue weighted by Gasteiger charge is 2.46. The molecule has 2 rings (SSSR count). The third-order valence-electron chi connectivity index (χ3n) is 3.25. The summed E-state index contributed by atoms with van der Waals surface area (Å²) in [5.74, 6) is 0.115. The van der Waals surface area contributed by atoms with Crippen LogP contribution in [0.5, 0.6) is 0 Å². The summed E-state index contributed by atoms with van der Waals surface area (Å²) >= 11 is 0. The fourth-order valence-corrected chi connectivity index (χ4v) is 2.35. The van der Waals surface area contributed by atoms with Crippen LogP contribution in [0.2, 0.25) is 0 Å². The van der Waals surface area contributed by atoms with Crippen LogP contribution in [0.15, 0.2) is 0 Å². The van der Waals surface area contributed by atoms with Crippen molar-refractivity contribution in [3.8, 4) is 0 Å². The van der Waals surface area contributed by atoms with Crippen LogP contribution in [0, 0.1) is 5.92 Å². The van der Waals surface area contributed by atoms with Crippen LogP contribution in [0.1, 0.15) is 32.6 Å². The zero-order valence-electron chi connectivity index (χ0n) is 8.16. The molecule has 0 radical (unpaired) electrons. The number of hydrogen-bond acceptors (Lipinski definition) is 3. The van der Waals surface area contributed by atoms with Gasteiger partial charge in [0.25, 0.3) is 0 Å². The quantitative estimate of drug-likeness (QED) is 0.671. The lowest BCUT2D eigenvalue weighted by Gasteiger charge is -2.37. The standard InChI is InChI=1S/C10H18O3/c1-8-4-2-3-5-10(8)12-7-9(6-11)13-10/h8-9,11H,2-7H2,1H3. The highest BCUT2D eigenvalue weighted by molar-refractivity contribution is 4.86. The van der Waals surface area contributed by atoms with Gasteiger partial charge in [-0.3, -0.25) is 0 Å². The Labute approximate surface area is 79.0 Å². The molecule has 2 aliphatic rings.